The van der Waals surface area contributed by atoms with Gasteiger partial charge in [0.15, 0.2) is 21.3 Å². The number of sulfone groups is 1. The standard InChI is InChI=1S/C23H31N3O4S.ClH/c1-29-21-13-16-5-4-6-19(18(16)15-22(21)30-2)25-20-14-17(26-11-9-24-10-12-26)7-8-23(20)31(3,27)28;/h7-8,13-15,19,24-25H,4-6,9-12H2,1-3H3;1H. The van der Waals surface area contributed by atoms with Crippen LogP contribution in [0.4, 0.5) is 11.4 Å². The second-order valence-corrected chi connectivity index (χ2v) is 10.2. The van der Waals surface area contributed by atoms with Crippen LogP contribution in [0.1, 0.15) is 30.0 Å². The smallest absolute Gasteiger partial charge is 0.177 e. The Morgan fingerprint density at radius 2 is 1.75 bits per heavy atom. The molecule has 2 N–H and O–H groups in total. The molecule has 0 bridgehead atoms. The van der Waals surface area contributed by atoms with E-state index in [1.807, 2.05) is 24.3 Å². The van der Waals surface area contributed by atoms with E-state index in [-0.39, 0.29) is 18.4 Å². The first-order valence-corrected chi connectivity index (χ1v) is 12.6. The van der Waals surface area contributed by atoms with E-state index in [4.69, 9.17) is 9.47 Å². The van der Waals surface area contributed by atoms with Crippen LogP contribution in [0.25, 0.3) is 0 Å². The minimum Gasteiger partial charge on any atom is -0.493 e. The third kappa shape index (κ3) is 5.08. The fraction of sp³-hybridized carbons (Fsp3) is 0.478. The maximum absolute atomic E-state index is 12.5. The largest absolute Gasteiger partial charge is 0.493 e. The van der Waals surface area contributed by atoms with Crippen LogP contribution in [0.15, 0.2) is 35.2 Å². The van der Waals surface area contributed by atoms with E-state index in [0.717, 1.165) is 62.4 Å². The summed E-state index contributed by atoms with van der Waals surface area (Å²) in [6.07, 6.45) is 4.17. The van der Waals surface area contributed by atoms with Crippen LogP contribution < -0.4 is 25.0 Å². The van der Waals surface area contributed by atoms with Crippen molar-refractivity contribution in [2.75, 3.05) is 56.9 Å². The van der Waals surface area contributed by atoms with Crippen molar-refractivity contribution < 1.29 is 17.9 Å². The maximum atomic E-state index is 12.5. The normalized spacial score (nSPS) is 18.3. The van der Waals surface area contributed by atoms with Gasteiger partial charge in [0, 0.05) is 38.1 Å². The SMILES string of the molecule is COc1cc2c(cc1OC)C(Nc1cc(N3CCNCC3)ccc1S(C)(=O)=O)CCC2.Cl. The van der Waals surface area contributed by atoms with E-state index in [1.165, 1.54) is 11.8 Å². The van der Waals surface area contributed by atoms with E-state index < -0.39 is 9.84 Å². The molecule has 0 saturated carbocycles. The number of rotatable bonds is 6. The summed E-state index contributed by atoms with van der Waals surface area (Å²) in [4.78, 5) is 2.62. The highest BCUT2D eigenvalue weighted by Gasteiger charge is 2.25. The Morgan fingerprint density at radius 1 is 1.06 bits per heavy atom. The number of aryl methyl sites for hydroxylation is 1. The Balaban J connectivity index is 0.00000289. The number of piperazine rings is 1. The molecule has 2 aliphatic rings. The van der Waals surface area contributed by atoms with E-state index in [1.54, 1.807) is 20.3 Å². The van der Waals surface area contributed by atoms with Gasteiger partial charge in [-0.25, -0.2) is 8.42 Å². The first-order chi connectivity index (χ1) is 14.9. The number of nitrogens with zero attached hydrogens (tertiary/aromatic N) is 1. The van der Waals surface area contributed by atoms with Gasteiger partial charge < -0.3 is 25.0 Å². The molecule has 32 heavy (non-hydrogen) atoms. The van der Waals surface area contributed by atoms with E-state index >= 15 is 0 Å². The van der Waals surface area contributed by atoms with Crippen molar-refractivity contribution in [2.45, 2.75) is 30.2 Å². The number of hydrogen-bond donors (Lipinski definition) is 2. The zero-order chi connectivity index (χ0) is 22.0. The Hall–Kier alpha value is -2.16. The summed E-state index contributed by atoms with van der Waals surface area (Å²) in [6, 6.07) is 9.68. The lowest BCUT2D eigenvalue weighted by molar-refractivity contribution is 0.353. The summed E-state index contributed by atoms with van der Waals surface area (Å²) in [7, 11) is -0.0958. The highest BCUT2D eigenvalue weighted by Crippen LogP contribution is 2.40. The first kappa shape index (κ1) is 24.5. The minimum absolute atomic E-state index is 0. The Labute approximate surface area is 196 Å². The second kappa shape index (κ2) is 10.2. The summed E-state index contributed by atoms with van der Waals surface area (Å²) in [5.41, 5.74) is 4.04. The van der Waals surface area contributed by atoms with E-state index in [9.17, 15) is 8.42 Å². The molecule has 1 aliphatic heterocycles. The van der Waals surface area contributed by atoms with Crippen molar-refractivity contribution in [3.05, 3.63) is 41.5 Å². The Kier molecular flexibility index (Phi) is 7.79. The molecule has 1 unspecified atom stereocenters. The third-order valence-electron chi connectivity index (χ3n) is 6.13. The zero-order valence-corrected chi connectivity index (χ0v) is 20.4. The van der Waals surface area contributed by atoms with Gasteiger partial charge in [-0.05, 0) is 60.7 Å². The summed E-state index contributed by atoms with van der Waals surface area (Å²) in [6.45, 7) is 3.66. The molecular weight excluding hydrogens is 450 g/mol. The summed E-state index contributed by atoms with van der Waals surface area (Å²) < 4.78 is 36.0. The zero-order valence-electron chi connectivity index (χ0n) is 18.8. The van der Waals surface area contributed by atoms with E-state index in [2.05, 4.69) is 15.5 Å². The van der Waals surface area contributed by atoms with Gasteiger partial charge in [-0.3, -0.25) is 0 Å². The van der Waals surface area contributed by atoms with Gasteiger partial charge in [0.2, 0.25) is 0 Å². The number of methoxy groups -OCH3 is 2. The van der Waals surface area contributed by atoms with Crippen LogP contribution in [-0.4, -0.2) is 55.1 Å². The monoisotopic (exact) mass is 481 g/mol. The molecular formula is C23H32ClN3O4S. The number of hydrogen-bond acceptors (Lipinski definition) is 7. The van der Waals surface area contributed by atoms with E-state index in [0.29, 0.717) is 16.3 Å². The number of anilines is 2. The molecule has 4 rings (SSSR count). The average Bonchev–Trinajstić information content (AvgIpc) is 2.78. The van der Waals surface area contributed by atoms with Crippen LogP contribution in [0.2, 0.25) is 0 Å². The van der Waals surface area contributed by atoms with Gasteiger partial charge in [-0.1, -0.05) is 0 Å². The highest BCUT2D eigenvalue weighted by molar-refractivity contribution is 7.90. The molecule has 1 aliphatic carbocycles. The molecule has 176 valence electrons. The molecule has 1 fully saturated rings. The molecule has 1 saturated heterocycles. The van der Waals surface area contributed by atoms with Crippen LogP contribution in [-0.2, 0) is 16.3 Å². The average molecular weight is 482 g/mol. The van der Waals surface area contributed by atoms with Crippen LogP contribution in [0, 0.1) is 0 Å². The molecule has 9 heteroatoms. The van der Waals surface area contributed by atoms with Crippen molar-refractivity contribution in [2.24, 2.45) is 0 Å². The molecule has 0 radical (unpaired) electrons. The van der Waals surface area contributed by atoms with Gasteiger partial charge in [0.05, 0.1) is 30.8 Å². The molecule has 0 aromatic heterocycles. The molecule has 0 amide bonds. The number of ether oxygens (including phenoxy) is 2. The molecule has 2 aromatic carbocycles. The highest BCUT2D eigenvalue weighted by atomic mass is 35.5. The van der Waals surface area contributed by atoms with Gasteiger partial charge in [-0.15, -0.1) is 12.4 Å². The third-order valence-corrected chi connectivity index (χ3v) is 7.29. The maximum Gasteiger partial charge on any atom is 0.177 e. The summed E-state index contributed by atoms with van der Waals surface area (Å²) in [5.74, 6) is 1.41. The van der Waals surface area contributed by atoms with Crippen LogP contribution in [0.5, 0.6) is 11.5 Å². The molecule has 2 aromatic rings. The predicted octanol–water partition coefficient (Wildman–Crippen LogP) is 3.43. The van der Waals surface area contributed by atoms with Gasteiger partial charge in [-0.2, -0.15) is 0 Å². The number of nitrogens with one attached hydrogen (secondary N) is 2. The van der Waals surface area contributed by atoms with Crippen molar-refractivity contribution in [3.8, 4) is 11.5 Å². The molecule has 1 heterocycles. The Bertz CT molecular complexity index is 1060. The summed E-state index contributed by atoms with van der Waals surface area (Å²) in [5, 5.41) is 6.92. The Morgan fingerprint density at radius 3 is 2.41 bits per heavy atom. The van der Waals surface area contributed by atoms with Gasteiger partial charge >= 0.3 is 0 Å². The van der Waals surface area contributed by atoms with Crippen molar-refractivity contribution >= 4 is 33.6 Å². The van der Waals surface area contributed by atoms with Gasteiger partial charge in [0.25, 0.3) is 0 Å². The number of halogens is 1. The van der Waals surface area contributed by atoms with Crippen molar-refractivity contribution in [1.29, 1.82) is 0 Å². The molecule has 1 atom stereocenters. The lowest BCUT2D eigenvalue weighted by Gasteiger charge is -2.32. The molecule has 0 spiro atoms. The quantitative estimate of drug-likeness (QED) is 0.654. The van der Waals surface area contributed by atoms with Crippen molar-refractivity contribution in [3.63, 3.8) is 0 Å². The van der Waals surface area contributed by atoms with Crippen molar-refractivity contribution in [1.82, 2.24) is 5.32 Å². The topological polar surface area (TPSA) is 79.9 Å². The second-order valence-electron chi connectivity index (χ2n) is 8.18. The fourth-order valence-electron chi connectivity index (χ4n) is 4.54. The first-order valence-electron chi connectivity index (χ1n) is 10.7. The minimum atomic E-state index is -3.37. The lowest BCUT2D eigenvalue weighted by atomic mass is 9.87. The fourth-order valence-corrected chi connectivity index (χ4v) is 5.37. The number of benzene rings is 2. The lowest BCUT2D eigenvalue weighted by Crippen LogP contribution is -2.43. The summed E-state index contributed by atoms with van der Waals surface area (Å²) >= 11 is 0. The predicted molar refractivity (Wildman–Crippen MR) is 131 cm³/mol. The van der Waals surface area contributed by atoms with Crippen LogP contribution >= 0.6 is 12.4 Å². The number of fused-ring (bicyclic) bond motifs is 1. The molecule has 7 nitrogen and oxygen atoms in total. The van der Waals surface area contributed by atoms with Gasteiger partial charge in [0.1, 0.15) is 0 Å². The van der Waals surface area contributed by atoms with Crippen LogP contribution in [0.3, 0.4) is 0 Å².